The van der Waals surface area contributed by atoms with Crippen molar-refractivity contribution in [3.63, 3.8) is 0 Å². The Kier molecular flexibility index (Phi) is 7.07. The normalized spacial score (nSPS) is 10.6. The van der Waals surface area contributed by atoms with Crippen LogP contribution in [0.1, 0.15) is 39.8 Å². The molecule has 0 aliphatic carbocycles. The number of furan rings is 1. The minimum Gasteiger partial charge on any atom is -0.459 e. The third-order valence-electron chi connectivity index (χ3n) is 4.78. The standard InChI is InChI=1S/C24H26FN3O3/c1-4-12-28(24(30)17-7-5-8-19(25)14-17)16-18-15-20(10-11-21(18)27(2)3)26-23(29)22-9-6-13-31-22/h5-11,13-15H,4,12,16H2,1-3H3,(H,26,29). The molecule has 0 unspecified atom stereocenters. The van der Waals surface area contributed by atoms with Crippen molar-refractivity contribution in [3.05, 3.63) is 83.6 Å². The van der Waals surface area contributed by atoms with Crippen LogP contribution in [0.2, 0.25) is 0 Å². The van der Waals surface area contributed by atoms with Crippen LogP contribution in [0.4, 0.5) is 15.8 Å². The first-order valence-corrected chi connectivity index (χ1v) is 10.1. The molecule has 1 N–H and O–H groups in total. The molecular weight excluding hydrogens is 397 g/mol. The maximum atomic E-state index is 13.6. The summed E-state index contributed by atoms with van der Waals surface area (Å²) in [6, 6.07) is 14.5. The number of anilines is 2. The summed E-state index contributed by atoms with van der Waals surface area (Å²) < 4.78 is 18.8. The summed E-state index contributed by atoms with van der Waals surface area (Å²) in [5.74, 6) is -0.822. The second kappa shape index (κ2) is 9.93. The van der Waals surface area contributed by atoms with Gasteiger partial charge in [-0.2, -0.15) is 0 Å². The van der Waals surface area contributed by atoms with E-state index < -0.39 is 5.82 Å². The van der Waals surface area contributed by atoms with Crippen LogP contribution in [0, 0.1) is 5.82 Å². The largest absolute Gasteiger partial charge is 0.459 e. The van der Waals surface area contributed by atoms with Gasteiger partial charge in [0.2, 0.25) is 0 Å². The summed E-state index contributed by atoms with van der Waals surface area (Å²) in [6.07, 6.45) is 2.20. The molecule has 0 aliphatic rings. The van der Waals surface area contributed by atoms with Gasteiger partial charge < -0.3 is 19.5 Å². The average molecular weight is 423 g/mol. The molecule has 0 spiro atoms. The van der Waals surface area contributed by atoms with Crippen molar-refractivity contribution in [2.45, 2.75) is 19.9 Å². The van der Waals surface area contributed by atoms with Crippen LogP contribution in [0.5, 0.6) is 0 Å². The molecule has 162 valence electrons. The molecule has 7 heteroatoms. The highest BCUT2D eigenvalue weighted by molar-refractivity contribution is 6.02. The molecule has 0 saturated carbocycles. The molecule has 0 aliphatic heterocycles. The molecule has 0 saturated heterocycles. The van der Waals surface area contributed by atoms with E-state index in [1.165, 1.54) is 24.5 Å². The van der Waals surface area contributed by atoms with Gasteiger partial charge in [-0.3, -0.25) is 9.59 Å². The van der Waals surface area contributed by atoms with Gasteiger partial charge in [-0.15, -0.1) is 0 Å². The third kappa shape index (κ3) is 5.51. The number of nitrogens with zero attached hydrogens (tertiary/aromatic N) is 2. The molecule has 6 nitrogen and oxygen atoms in total. The molecular formula is C24H26FN3O3. The van der Waals surface area contributed by atoms with Gasteiger partial charge in [-0.05, 0) is 60.5 Å². The minimum absolute atomic E-state index is 0.215. The Morgan fingerprint density at radius 2 is 1.87 bits per heavy atom. The SMILES string of the molecule is CCCN(Cc1cc(NC(=O)c2ccco2)ccc1N(C)C)C(=O)c1cccc(F)c1. The second-order valence-electron chi connectivity index (χ2n) is 7.41. The van der Waals surface area contributed by atoms with Crippen LogP contribution >= 0.6 is 0 Å². The van der Waals surface area contributed by atoms with Crippen LogP contribution in [0.25, 0.3) is 0 Å². The van der Waals surface area contributed by atoms with Crippen LogP contribution in [0.3, 0.4) is 0 Å². The zero-order valence-corrected chi connectivity index (χ0v) is 17.9. The average Bonchev–Trinajstić information content (AvgIpc) is 3.28. The molecule has 3 rings (SSSR count). The number of benzene rings is 2. The molecule has 31 heavy (non-hydrogen) atoms. The lowest BCUT2D eigenvalue weighted by atomic mass is 10.1. The third-order valence-corrected chi connectivity index (χ3v) is 4.78. The van der Waals surface area contributed by atoms with E-state index in [9.17, 15) is 14.0 Å². The summed E-state index contributed by atoms with van der Waals surface area (Å²) in [6.45, 7) is 2.82. The Balaban J connectivity index is 1.88. The second-order valence-corrected chi connectivity index (χ2v) is 7.41. The van der Waals surface area contributed by atoms with Gasteiger partial charge in [0, 0.05) is 44.1 Å². The van der Waals surface area contributed by atoms with Gasteiger partial charge in [0.05, 0.1) is 6.26 Å². The highest BCUT2D eigenvalue weighted by Crippen LogP contribution is 2.26. The van der Waals surface area contributed by atoms with E-state index in [1.54, 1.807) is 29.2 Å². The molecule has 0 atom stereocenters. The van der Waals surface area contributed by atoms with E-state index in [1.807, 2.05) is 38.1 Å². The Labute approximate surface area is 181 Å². The number of nitrogens with one attached hydrogen (secondary N) is 1. The Hall–Kier alpha value is -3.61. The van der Waals surface area contributed by atoms with Crippen molar-refractivity contribution < 1.29 is 18.4 Å². The van der Waals surface area contributed by atoms with Crippen molar-refractivity contribution in [2.75, 3.05) is 30.9 Å². The topological polar surface area (TPSA) is 65.8 Å². The lowest BCUT2D eigenvalue weighted by Crippen LogP contribution is -2.32. The number of carbonyl (C=O) groups excluding carboxylic acids is 2. The molecule has 0 radical (unpaired) electrons. The zero-order chi connectivity index (χ0) is 22.4. The van der Waals surface area contributed by atoms with Crippen LogP contribution < -0.4 is 10.2 Å². The number of amides is 2. The predicted octanol–water partition coefficient (Wildman–Crippen LogP) is 4.79. The van der Waals surface area contributed by atoms with E-state index >= 15 is 0 Å². The maximum Gasteiger partial charge on any atom is 0.291 e. The minimum atomic E-state index is -0.445. The summed E-state index contributed by atoms with van der Waals surface area (Å²) in [7, 11) is 3.83. The Morgan fingerprint density at radius 3 is 2.52 bits per heavy atom. The lowest BCUT2D eigenvalue weighted by molar-refractivity contribution is 0.0742. The first kappa shape index (κ1) is 22.1. The number of halogens is 1. The van der Waals surface area contributed by atoms with E-state index in [-0.39, 0.29) is 17.6 Å². The number of carbonyl (C=O) groups is 2. The molecule has 2 aromatic carbocycles. The van der Waals surface area contributed by atoms with Crippen LogP contribution in [-0.2, 0) is 6.54 Å². The first-order valence-electron chi connectivity index (χ1n) is 10.1. The fraction of sp³-hybridized carbons (Fsp3) is 0.250. The van der Waals surface area contributed by atoms with E-state index in [0.29, 0.717) is 24.3 Å². The quantitative estimate of drug-likeness (QED) is 0.566. The zero-order valence-electron chi connectivity index (χ0n) is 17.9. The lowest BCUT2D eigenvalue weighted by Gasteiger charge is -2.26. The van der Waals surface area contributed by atoms with Crippen LogP contribution in [-0.4, -0.2) is 37.4 Å². The molecule has 1 aromatic heterocycles. The van der Waals surface area contributed by atoms with Crippen molar-refractivity contribution in [3.8, 4) is 0 Å². The highest BCUT2D eigenvalue weighted by Gasteiger charge is 2.19. The van der Waals surface area contributed by atoms with Crippen molar-refractivity contribution in [2.24, 2.45) is 0 Å². The number of rotatable bonds is 8. The van der Waals surface area contributed by atoms with Gasteiger partial charge >= 0.3 is 0 Å². The first-order chi connectivity index (χ1) is 14.9. The number of hydrogen-bond donors (Lipinski definition) is 1. The molecule has 2 amide bonds. The van der Waals surface area contributed by atoms with Crippen LogP contribution in [0.15, 0.2) is 65.3 Å². The van der Waals surface area contributed by atoms with Gasteiger partial charge in [0.25, 0.3) is 11.8 Å². The van der Waals surface area contributed by atoms with Gasteiger partial charge in [-0.25, -0.2) is 4.39 Å². The molecule has 1 heterocycles. The van der Waals surface area contributed by atoms with E-state index in [2.05, 4.69) is 5.32 Å². The van der Waals surface area contributed by atoms with Crippen molar-refractivity contribution >= 4 is 23.2 Å². The molecule has 0 fully saturated rings. The van der Waals surface area contributed by atoms with Crippen molar-refractivity contribution in [1.82, 2.24) is 4.90 Å². The summed E-state index contributed by atoms with van der Waals surface area (Å²) in [5, 5.41) is 2.82. The number of hydrogen-bond acceptors (Lipinski definition) is 4. The van der Waals surface area contributed by atoms with E-state index in [4.69, 9.17) is 4.42 Å². The smallest absolute Gasteiger partial charge is 0.291 e. The monoisotopic (exact) mass is 423 g/mol. The Morgan fingerprint density at radius 1 is 1.06 bits per heavy atom. The fourth-order valence-electron chi connectivity index (χ4n) is 3.36. The van der Waals surface area contributed by atoms with Gasteiger partial charge in [0.15, 0.2) is 5.76 Å². The van der Waals surface area contributed by atoms with Gasteiger partial charge in [-0.1, -0.05) is 13.0 Å². The fourth-order valence-corrected chi connectivity index (χ4v) is 3.36. The summed E-state index contributed by atoms with van der Waals surface area (Å²) >= 11 is 0. The van der Waals surface area contributed by atoms with Crippen molar-refractivity contribution in [1.29, 1.82) is 0 Å². The summed E-state index contributed by atoms with van der Waals surface area (Å²) in [4.78, 5) is 29.0. The molecule has 0 bridgehead atoms. The molecule has 3 aromatic rings. The van der Waals surface area contributed by atoms with Gasteiger partial charge in [0.1, 0.15) is 5.82 Å². The predicted molar refractivity (Wildman–Crippen MR) is 119 cm³/mol. The highest BCUT2D eigenvalue weighted by atomic mass is 19.1. The maximum absolute atomic E-state index is 13.6. The Bertz CT molecular complexity index is 1050. The van der Waals surface area contributed by atoms with E-state index in [0.717, 1.165) is 17.7 Å². The summed E-state index contributed by atoms with van der Waals surface area (Å²) in [5.41, 5.74) is 2.68.